The summed E-state index contributed by atoms with van der Waals surface area (Å²) in [6.07, 6.45) is 2.37. The predicted octanol–water partition coefficient (Wildman–Crippen LogP) is 2.62. The Morgan fingerprint density at radius 1 is 1.21 bits per heavy atom. The molecule has 6 heteroatoms. The van der Waals surface area contributed by atoms with Crippen molar-refractivity contribution in [1.82, 2.24) is 15.5 Å². The predicted molar refractivity (Wildman–Crippen MR) is 110 cm³/mol. The number of nitrogens with zero attached hydrogens (tertiary/aromatic N) is 2. The molecule has 1 aliphatic heterocycles. The normalized spacial score (nSPS) is 15.6. The lowest BCUT2D eigenvalue weighted by Gasteiger charge is -2.32. The molecule has 0 bridgehead atoms. The first-order valence-corrected chi connectivity index (χ1v) is 8.53. The van der Waals surface area contributed by atoms with E-state index in [0.717, 1.165) is 37.1 Å². The Balaban J connectivity index is 0.00000288. The third kappa shape index (κ3) is 7.07. The van der Waals surface area contributed by atoms with Gasteiger partial charge in [-0.2, -0.15) is 0 Å². The molecule has 134 valence electrons. The Morgan fingerprint density at radius 3 is 2.50 bits per heavy atom. The van der Waals surface area contributed by atoms with E-state index in [4.69, 9.17) is 0 Å². The van der Waals surface area contributed by atoms with Gasteiger partial charge in [-0.3, -0.25) is 4.79 Å². The number of hydrogen-bond donors (Lipinski definition) is 2. The quantitative estimate of drug-likeness (QED) is 0.417. The van der Waals surface area contributed by atoms with Crippen molar-refractivity contribution in [2.75, 3.05) is 26.2 Å². The molecule has 0 atom stereocenters. The van der Waals surface area contributed by atoms with Crippen LogP contribution >= 0.6 is 24.0 Å². The van der Waals surface area contributed by atoms with Crippen LogP contribution in [0.4, 0.5) is 0 Å². The second-order valence-corrected chi connectivity index (χ2v) is 6.10. The zero-order valence-electron chi connectivity index (χ0n) is 14.6. The molecule has 0 radical (unpaired) electrons. The van der Waals surface area contributed by atoms with Gasteiger partial charge >= 0.3 is 0 Å². The maximum atomic E-state index is 12.0. The molecule has 0 aromatic heterocycles. The number of halogens is 1. The van der Waals surface area contributed by atoms with Crippen molar-refractivity contribution in [2.45, 2.75) is 33.2 Å². The molecule has 1 aliphatic rings. The maximum Gasteiger partial charge on any atom is 0.242 e. The molecular weight excluding hydrogens is 415 g/mol. The van der Waals surface area contributed by atoms with Gasteiger partial charge in [0, 0.05) is 26.2 Å². The molecular formula is C18H29IN4O. The fourth-order valence-electron chi connectivity index (χ4n) is 2.65. The molecule has 1 fully saturated rings. The highest BCUT2D eigenvalue weighted by Gasteiger charge is 2.18. The van der Waals surface area contributed by atoms with Gasteiger partial charge in [0.15, 0.2) is 5.96 Å². The van der Waals surface area contributed by atoms with Crippen LogP contribution in [0.25, 0.3) is 0 Å². The SMILES string of the molecule is CCNC(=NCC(=O)NCc1ccccc1)N1CCC(C)CC1.I. The minimum absolute atomic E-state index is 0. The molecule has 1 heterocycles. The van der Waals surface area contributed by atoms with E-state index < -0.39 is 0 Å². The molecule has 0 aliphatic carbocycles. The van der Waals surface area contributed by atoms with E-state index in [1.54, 1.807) is 0 Å². The van der Waals surface area contributed by atoms with E-state index in [9.17, 15) is 4.79 Å². The van der Waals surface area contributed by atoms with Crippen LogP contribution in [0.5, 0.6) is 0 Å². The molecule has 1 aromatic rings. The maximum absolute atomic E-state index is 12.0. The summed E-state index contributed by atoms with van der Waals surface area (Å²) in [5.74, 6) is 1.59. The van der Waals surface area contributed by atoms with Gasteiger partial charge in [-0.15, -0.1) is 24.0 Å². The molecule has 24 heavy (non-hydrogen) atoms. The average molecular weight is 444 g/mol. The minimum Gasteiger partial charge on any atom is -0.357 e. The van der Waals surface area contributed by atoms with E-state index in [2.05, 4.69) is 34.4 Å². The number of nitrogens with one attached hydrogen (secondary N) is 2. The van der Waals surface area contributed by atoms with Crippen LogP contribution in [0.3, 0.4) is 0 Å². The molecule has 0 saturated carbocycles. The van der Waals surface area contributed by atoms with Crippen molar-refractivity contribution in [2.24, 2.45) is 10.9 Å². The third-order valence-electron chi connectivity index (χ3n) is 4.12. The first-order chi connectivity index (χ1) is 11.2. The standard InChI is InChI=1S/C18H28N4O.HI/c1-3-19-18(22-11-9-15(2)10-12-22)21-14-17(23)20-13-16-7-5-4-6-8-16;/h4-8,15H,3,9-14H2,1-2H3,(H,19,21)(H,20,23);1H. The highest BCUT2D eigenvalue weighted by Crippen LogP contribution is 2.15. The van der Waals surface area contributed by atoms with Crippen molar-refractivity contribution >= 4 is 35.8 Å². The summed E-state index contributed by atoms with van der Waals surface area (Å²) in [4.78, 5) is 18.7. The number of piperidine rings is 1. The molecule has 1 saturated heterocycles. The van der Waals surface area contributed by atoms with Crippen LogP contribution in [0, 0.1) is 5.92 Å². The molecule has 5 nitrogen and oxygen atoms in total. The molecule has 2 rings (SSSR count). The van der Waals surface area contributed by atoms with E-state index in [-0.39, 0.29) is 36.4 Å². The van der Waals surface area contributed by atoms with Gasteiger partial charge < -0.3 is 15.5 Å². The van der Waals surface area contributed by atoms with Crippen LogP contribution in [0.1, 0.15) is 32.3 Å². The molecule has 1 aromatic carbocycles. The Labute approximate surface area is 162 Å². The number of carbonyl (C=O) groups excluding carboxylic acids is 1. The van der Waals surface area contributed by atoms with Crippen molar-refractivity contribution in [3.63, 3.8) is 0 Å². The monoisotopic (exact) mass is 444 g/mol. The third-order valence-corrected chi connectivity index (χ3v) is 4.12. The summed E-state index contributed by atoms with van der Waals surface area (Å²) in [6.45, 7) is 7.90. The van der Waals surface area contributed by atoms with Crippen LogP contribution in [0.15, 0.2) is 35.3 Å². The van der Waals surface area contributed by atoms with Crippen molar-refractivity contribution < 1.29 is 4.79 Å². The van der Waals surface area contributed by atoms with Gasteiger partial charge in [-0.25, -0.2) is 4.99 Å². The number of benzene rings is 1. The summed E-state index contributed by atoms with van der Waals surface area (Å²) in [5, 5.41) is 6.21. The number of hydrogen-bond acceptors (Lipinski definition) is 2. The highest BCUT2D eigenvalue weighted by molar-refractivity contribution is 14.0. The minimum atomic E-state index is -0.0466. The van der Waals surface area contributed by atoms with Crippen molar-refractivity contribution in [3.8, 4) is 0 Å². The van der Waals surface area contributed by atoms with Crippen LogP contribution in [0.2, 0.25) is 0 Å². The first-order valence-electron chi connectivity index (χ1n) is 8.53. The van der Waals surface area contributed by atoms with E-state index in [0.29, 0.717) is 6.54 Å². The van der Waals surface area contributed by atoms with Crippen molar-refractivity contribution in [1.29, 1.82) is 0 Å². The summed E-state index contributed by atoms with van der Waals surface area (Å²) >= 11 is 0. The molecule has 0 spiro atoms. The van der Waals surface area contributed by atoms with E-state index in [1.807, 2.05) is 30.3 Å². The number of aliphatic imine (C=N–C) groups is 1. The lowest BCUT2D eigenvalue weighted by atomic mass is 10.00. The molecule has 1 amide bonds. The number of rotatable bonds is 5. The lowest BCUT2D eigenvalue weighted by molar-refractivity contribution is -0.119. The Hall–Kier alpha value is -1.31. The smallest absolute Gasteiger partial charge is 0.242 e. The summed E-state index contributed by atoms with van der Waals surface area (Å²) in [6, 6.07) is 9.92. The number of carbonyl (C=O) groups is 1. The summed E-state index contributed by atoms with van der Waals surface area (Å²) in [7, 11) is 0. The zero-order valence-corrected chi connectivity index (χ0v) is 17.0. The van der Waals surface area contributed by atoms with E-state index >= 15 is 0 Å². The largest absolute Gasteiger partial charge is 0.357 e. The average Bonchev–Trinajstić information content (AvgIpc) is 2.58. The van der Waals surface area contributed by atoms with Crippen LogP contribution in [-0.4, -0.2) is 42.9 Å². The Morgan fingerprint density at radius 2 is 1.88 bits per heavy atom. The fourth-order valence-corrected chi connectivity index (χ4v) is 2.65. The second kappa shape index (κ2) is 11.3. The van der Waals surface area contributed by atoms with Gasteiger partial charge in [0.05, 0.1) is 0 Å². The van der Waals surface area contributed by atoms with Gasteiger partial charge in [0.1, 0.15) is 6.54 Å². The lowest BCUT2D eigenvalue weighted by Crippen LogP contribution is -2.45. The van der Waals surface area contributed by atoms with Crippen LogP contribution < -0.4 is 10.6 Å². The van der Waals surface area contributed by atoms with Gasteiger partial charge in [-0.1, -0.05) is 37.3 Å². The number of guanidine groups is 1. The zero-order chi connectivity index (χ0) is 16.5. The summed E-state index contributed by atoms with van der Waals surface area (Å²) in [5.41, 5.74) is 1.10. The Bertz CT molecular complexity index is 513. The van der Waals surface area contributed by atoms with Gasteiger partial charge in [0.2, 0.25) is 5.91 Å². The van der Waals surface area contributed by atoms with Gasteiger partial charge in [-0.05, 0) is 31.2 Å². The first kappa shape index (κ1) is 20.7. The number of amides is 1. The van der Waals surface area contributed by atoms with Gasteiger partial charge in [0.25, 0.3) is 0 Å². The fraction of sp³-hybridized carbons (Fsp3) is 0.556. The second-order valence-electron chi connectivity index (χ2n) is 6.10. The highest BCUT2D eigenvalue weighted by atomic mass is 127. The topological polar surface area (TPSA) is 56.7 Å². The summed E-state index contributed by atoms with van der Waals surface area (Å²) < 4.78 is 0. The molecule has 0 unspecified atom stereocenters. The van der Waals surface area contributed by atoms with Crippen molar-refractivity contribution in [3.05, 3.63) is 35.9 Å². The Kier molecular flexibility index (Phi) is 9.75. The van der Waals surface area contributed by atoms with Crippen LogP contribution in [-0.2, 0) is 11.3 Å². The number of likely N-dealkylation sites (tertiary alicyclic amines) is 1. The van der Waals surface area contributed by atoms with E-state index in [1.165, 1.54) is 12.8 Å². The molecule has 2 N–H and O–H groups in total.